The highest BCUT2D eigenvalue weighted by molar-refractivity contribution is 5.76. The van der Waals surface area contributed by atoms with E-state index in [0.717, 1.165) is 24.4 Å². The third kappa shape index (κ3) is 4.75. The molecule has 0 saturated carbocycles. The largest absolute Gasteiger partial charge is 0.497 e. The minimum Gasteiger partial charge on any atom is -0.497 e. The first kappa shape index (κ1) is 14.5. The van der Waals surface area contributed by atoms with Gasteiger partial charge in [0.25, 0.3) is 0 Å². The molecule has 1 aromatic carbocycles. The van der Waals surface area contributed by atoms with Gasteiger partial charge in [-0.05, 0) is 31.2 Å². The van der Waals surface area contributed by atoms with E-state index in [0.29, 0.717) is 6.42 Å². The number of nitrogens with one attached hydrogen (secondary N) is 2. The molecule has 0 saturated heterocycles. The van der Waals surface area contributed by atoms with Crippen LogP contribution < -0.4 is 15.4 Å². The highest BCUT2D eigenvalue weighted by Gasteiger charge is 2.08. The highest BCUT2D eigenvalue weighted by atomic mass is 16.5. The Labute approximate surface area is 109 Å². The fourth-order valence-corrected chi connectivity index (χ4v) is 1.67. The van der Waals surface area contributed by atoms with E-state index in [1.54, 1.807) is 7.11 Å². The van der Waals surface area contributed by atoms with Crippen LogP contribution in [0.3, 0.4) is 0 Å². The Morgan fingerprint density at radius 1 is 1.33 bits per heavy atom. The molecule has 1 aromatic rings. The van der Waals surface area contributed by atoms with Crippen molar-refractivity contribution in [2.24, 2.45) is 0 Å². The van der Waals surface area contributed by atoms with Gasteiger partial charge in [0.05, 0.1) is 13.2 Å². The lowest BCUT2D eigenvalue weighted by Crippen LogP contribution is -2.29. The summed E-state index contributed by atoms with van der Waals surface area (Å²) >= 11 is 0. The van der Waals surface area contributed by atoms with Crippen molar-refractivity contribution in [3.05, 3.63) is 29.8 Å². The SMILES string of the molecule is CCNCCC(=O)N[C@@H](C)c1ccc(OC)cc1. The first-order valence-electron chi connectivity index (χ1n) is 6.31. The van der Waals surface area contributed by atoms with Crippen LogP contribution in [0.25, 0.3) is 0 Å². The molecule has 0 aliphatic carbocycles. The molecular formula is C14H22N2O2. The number of hydrogen-bond donors (Lipinski definition) is 2. The lowest BCUT2D eigenvalue weighted by molar-refractivity contribution is -0.121. The van der Waals surface area contributed by atoms with Crippen molar-refractivity contribution in [1.82, 2.24) is 10.6 Å². The van der Waals surface area contributed by atoms with Crippen LogP contribution in [-0.4, -0.2) is 26.1 Å². The van der Waals surface area contributed by atoms with E-state index < -0.39 is 0 Å². The predicted molar refractivity (Wildman–Crippen MR) is 72.7 cm³/mol. The molecule has 2 N–H and O–H groups in total. The zero-order valence-corrected chi connectivity index (χ0v) is 11.3. The van der Waals surface area contributed by atoms with Gasteiger partial charge in [-0.3, -0.25) is 4.79 Å². The van der Waals surface area contributed by atoms with Gasteiger partial charge in [0.2, 0.25) is 5.91 Å². The van der Waals surface area contributed by atoms with Gasteiger partial charge >= 0.3 is 0 Å². The number of rotatable bonds is 7. The minimum absolute atomic E-state index is 0.0185. The fourth-order valence-electron chi connectivity index (χ4n) is 1.67. The van der Waals surface area contributed by atoms with Crippen LogP contribution in [0.1, 0.15) is 31.9 Å². The van der Waals surface area contributed by atoms with Gasteiger partial charge < -0.3 is 15.4 Å². The smallest absolute Gasteiger partial charge is 0.221 e. The number of hydrogen-bond acceptors (Lipinski definition) is 3. The maximum atomic E-state index is 11.6. The summed E-state index contributed by atoms with van der Waals surface area (Å²) in [5.74, 6) is 0.892. The molecule has 4 heteroatoms. The van der Waals surface area contributed by atoms with Crippen molar-refractivity contribution < 1.29 is 9.53 Å². The van der Waals surface area contributed by atoms with Crippen LogP contribution in [0.2, 0.25) is 0 Å². The molecule has 1 amide bonds. The second kappa shape index (κ2) is 7.71. The summed E-state index contributed by atoms with van der Waals surface area (Å²) in [7, 11) is 1.64. The molecule has 1 rings (SSSR count). The number of ether oxygens (including phenoxy) is 1. The molecule has 4 nitrogen and oxygen atoms in total. The van der Waals surface area contributed by atoms with Crippen molar-refractivity contribution in [3.8, 4) is 5.75 Å². The third-order valence-electron chi connectivity index (χ3n) is 2.77. The van der Waals surface area contributed by atoms with Gasteiger partial charge in [-0.2, -0.15) is 0 Å². The number of carbonyl (C=O) groups excluding carboxylic acids is 1. The molecule has 0 unspecified atom stereocenters. The predicted octanol–water partition coefficient (Wildman–Crippen LogP) is 1.87. The van der Waals surface area contributed by atoms with Crippen molar-refractivity contribution >= 4 is 5.91 Å². The topological polar surface area (TPSA) is 50.4 Å². The van der Waals surface area contributed by atoms with E-state index in [4.69, 9.17) is 4.74 Å². The van der Waals surface area contributed by atoms with Gasteiger partial charge in [-0.15, -0.1) is 0 Å². The second-order valence-electron chi connectivity index (χ2n) is 4.17. The van der Waals surface area contributed by atoms with Gasteiger partial charge in [0.1, 0.15) is 5.75 Å². The van der Waals surface area contributed by atoms with Crippen LogP contribution in [0, 0.1) is 0 Å². The van der Waals surface area contributed by atoms with Crippen molar-refractivity contribution in [2.45, 2.75) is 26.3 Å². The first-order chi connectivity index (χ1) is 8.67. The first-order valence-corrected chi connectivity index (χ1v) is 6.31. The summed E-state index contributed by atoms with van der Waals surface area (Å²) in [6, 6.07) is 7.75. The fraction of sp³-hybridized carbons (Fsp3) is 0.500. The Morgan fingerprint density at radius 3 is 2.56 bits per heavy atom. The maximum absolute atomic E-state index is 11.6. The van der Waals surface area contributed by atoms with Gasteiger partial charge in [-0.1, -0.05) is 19.1 Å². The van der Waals surface area contributed by atoms with Gasteiger partial charge in [0, 0.05) is 13.0 Å². The number of methoxy groups -OCH3 is 1. The van der Waals surface area contributed by atoms with E-state index in [1.165, 1.54) is 0 Å². The molecule has 1 atom stereocenters. The number of amides is 1. The van der Waals surface area contributed by atoms with E-state index >= 15 is 0 Å². The Kier molecular flexibility index (Phi) is 6.22. The Hall–Kier alpha value is -1.55. The van der Waals surface area contributed by atoms with Crippen LogP contribution in [0.5, 0.6) is 5.75 Å². The maximum Gasteiger partial charge on any atom is 0.221 e. The average molecular weight is 250 g/mol. The van der Waals surface area contributed by atoms with E-state index in [2.05, 4.69) is 10.6 Å². The molecule has 0 aromatic heterocycles. The minimum atomic E-state index is 0.0185. The van der Waals surface area contributed by atoms with Crippen molar-refractivity contribution in [2.75, 3.05) is 20.2 Å². The molecule has 18 heavy (non-hydrogen) atoms. The monoisotopic (exact) mass is 250 g/mol. The lowest BCUT2D eigenvalue weighted by Gasteiger charge is -2.14. The average Bonchev–Trinajstić information content (AvgIpc) is 2.39. The summed E-state index contributed by atoms with van der Waals surface area (Å²) < 4.78 is 5.10. The summed E-state index contributed by atoms with van der Waals surface area (Å²) in [6.45, 7) is 5.61. The lowest BCUT2D eigenvalue weighted by atomic mass is 10.1. The van der Waals surface area contributed by atoms with Crippen molar-refractivity contribution in [3.63, 3.8) is 0 Å². The van der Waals surface area contributed by atoms with Gasteiger partial charge in [0.15, 0.2) is 0 Å². The molecule has 0 fully saturated rings. The summed E-state index contributed by atoms with van der Waals surface area (Å²) in [6.07, 6.45) is 0.508. The molecule has 0 aliphatic rings. The molecule has 0 radical (unpaired) electrons. The van der Waals surface area contributed by atoms with E-state index in [1.807, 2.05) is 38.1 Å². The molecule has 0 spiro atoms. The summed E-state index contributed by atoms with van der Waals surface area (Å²) in [5, 5.41) is 6.10. The summed E-state index contributed by atoms with van der Waals surface area (Å²) in [5.41, 5.74) is 1.08. The van der Waals surface area contributed by atoms with Crippen molar-refractivity contribution in [1.29, 1.82) is 0 Å². The van der Waals surface area contributed by atoms with Gasteiger partial charge in [-0.25, -0.2) is 0 Å². The Balaban J connectivity index is 2.43. The Bertz CT molecular complexity index is 363. The van der Waals surface area contributed by atoms with Crippen LogP contribution in [0.15, 0.2) is 24.3 Å². The zero-order chi connectivity index (χ0) is 13.4. The number of carbonyl (C=O) groups is 1. The Morgan fingerprint density at radius 2 is 2.00 bits per heavy atom. The molecule has 0 bridgehead atoms. The molecule has 100 valence electrons. The summed E-state index contributed by atoms with van der Waals surface area (Å²) in [4.78, 5) is 11.6. The zero-order valence-electron chi connectivity index (χ0n) is 11.3. The highest BCUT2D eigenvalue weighted by Crippen LogP contribution is 2.17. The van der Waals surface area contributed by atoms with Crippen LogP contribution in [0.4, 0.5) is 0 Å². The molecule has 0 heterocycles. The third-order valence-corrected chi connectivity index (χ3v) is 2.77. The van der Waals surface area contributed by atoms with Crippen LogP contribution in [-0.2, 0) is 4.79 Å². The molecule has 0 aliphatic heterocycles. The normalized spacial score (nSPS) is 11.9. The van der Waals surface area contributed by atoms with E-state index in [9.17, 15) is 4.79 Å². The quantitative estimate of drug-likeness (QED) is 0.726. The van der Waals surface area contributed by atoms with Crippen LogP contribution >= 0.6 is 0 Å². The van der Waals surface area contributed by atoms with E-state index in [-0.39, 0.29) is 11.9 Å². The number of benzene rings is 1. The second-order valence-corrected chi connectivity index (χ2v) is 4.17. The molecular weight excluding hydrogens is 228 g/mol. The standard InChI is InChI=1S/C14H22N2O2/c1-4-15-10-9-14(17)16-11(2)12-5-7-13(18-3)8-6-12/h5-8,11,15H,4,9-10H2,1-3H3,(H,16,17)/t11-/m0/s1.